The summed E-state index contributed by atoms with van der Waals surface area (Å²) in [6.07, 6.45) is 0.758. The maximum atomic E-state index is 11.5. The third-order valence-corrected chi connectivity index (χ3v) is 3.60. The zero-order valence-electron chi connectivity index (χ0n) is 11.3. The van der Waals surface area contributed by atoms with Crippen molar-refractivity contribution in [3.63, 3.8) is 0 Å². The maximum Gasteiger partial charge on any atom is 0.270 e. The summed E-state index contributed by atoms with van der Waals surface area (Å²) in [5.74, 6) is 0. The molecule has 0 bridgehead atoms. The molecule has 0 aliphatic carbocycles. The third kappa shape index (κ3) is 1.99. The molecule has 0 saturated heterocycles. The van der Waals surface area contributed by atoms with Gasteiger partial charge in [0.05, 0.1) is 10.6 Å². The first-order valence-corrected chi connectivity index (χ1v) is 6.41. The van der Waals surface area contributed by atoms with Gasteiger partial charge in [0.1, 0.15) is 0 Å². The van der Waals surface area contributed by atoms with Crippen LogP contribution in [0.3, 0.4) is 0 Å². The van der Waals surface area contributed by atoms with Crippen LogP contribution in [0.4, 0.5) is 5.69 Å². The molecule has 0 radical (unpaired) electrons. The monoisotopic (exact) mass is 280 g/mol. The first-order valence-electron chi connectivity index (χ1n) is 6.41. The lowest BCUT2D eigenvalue weighted by Gasteiger charge is -2.05. The molecule has 0 aliphatic heterocycles. The Hall–Kier alpha value is -2.95. The van der Waals surface area contributed by atoms with Crippen LogP contribution in [0.15, 0.2) is 48.5 Å². The van der Waals surface area contributed by atoms with Crippen LogP contribution in [0, 0.1) is 10.1 Å². The lowest BCUT2D eigenvalue weighted by molar-refractivity contribution is -0.384. The largest absolute Gasteiger partial charge is 0.343 e. The van der Waals surface area contributed by atoms with Gasteiger partial charge in [0.2, 0.25) is 0 Å². The minimum atomic E-state index is -0.455. The van der Waals surface area contributed by atoms with Gasteiger partial charge in [-0.1, -0.05) is 30.3 Å². The maximum absolute atomic E-state index is 11.5. The molecule has 0 saturated carbocycles. The number of nitro benzene ring substituents is 1. The summed E-state index contributed by atoms with van der Waals surface area (Å²) in [5.41, 5.74) is 2.92. The summed E-state index contributed by atoms with van der Waals surface area (Å²) in [6.45, 7) is 0. The van der Waals surface area contributed by atoms with Crippen molar-refractivity contribution in [1.82, 2.24) is 4.57 Å². The second-order valence-electron chi connectivity index (χ2n) is 4.76. The van der Waals surface area contributed by atoms with E-state index in [0.717, 1.165) is 23.1 Å². The number of nitro groups is 1. The van der Waals surface area contributed by atoms with Crippen LogP contribution in [0.25, 0.3) is 22.2 Å². The molecule has 1 aromatic heterocycles. The Morgan fingerprint density at radius 3 is 2.48 bits per heavy atom. The van der Waals surface area contributed by atoms with E-state index >= 15 is 0 Å². The summed E-state index contributed by atoms with van der Waals surface area (Å²) in [7, 11) is 1.85. The van der Waals surface area contributed by atoms with E-state index in [-0.39, 0.29) is 5.69 Å². The highest BCUT2D eigenvalue weighted by molar-refractivity contribution is 6.05. The molecular formula is C16H12N2O3. The van der Waals surface area contributed by atoms with E-state index in [1.165, 1.54) is 12.1 Å². The topological polar surface area (TPSA) is 65.1 Å². The van der Waals surface area contributed by atoms with Crippen LogP contribution in [0.1, 0.15) is 10.4 Å². The highest BCUT2D eigenvalue weighted by atomic mass is 16.6. The number of hydrogen-bond donors (Lipinski definition) is 0. The van der Waals surface area contributed by atoms with Crippen LogP contribution in [0.5, 0.6) is 0 Å². The van der Waals surface area contributed by atoms with Gasteiger partial charge < -0.3 is 4.57 Å². The Labute approximate surface area is 120 Å². The number of rotatable bonds is 3. The molecule has 0 aliphatic rings. The van der Waals surface area contributed by atoms with Crippen molar-refractivity contribution >= 4 is 22.9 Å². The highest BCUT2D eigenvalue weighted by Crippen LogP contribution is 2.33. The molecule has 5 heteroatoms. The van der Waals surface area contributed by atoms with Gasteiger partial charge in [-0.05, 0) is 11.6 Å². The average Bonchev–Trinajstić information content (AvgIpc) is 2.80. The lowest BCUT2D eigenvalue weighted by atomic mass is 10.1. The molecule has 0 spiro atoms. The molecular weight excluding hydrogens is 268 g/mol. The lowest BCUT2D eigenvalue weighted by Crippen LogP contribution is -1.93. The third-order valence-electron chi connectivity index (χ3n) is 3.60. The average molecular weight is 280 g/mol. The van der Waals surface area contributed by atoms with E-state index in [1.54, 1.807) is 6.07 Å². The number of non-ortho nitro benzene ring substituents is 1. The SMILES string of the molecule is Cn1c(-c2ccccc2)c(C=O)c2cc([N+](=O)[O-])ccc21. The number of fused-ring (bicyclic) bond motifs is 1. The quantitative estimate of drug-likeness (QED) is 0.418. The Morgan fingerprint density at radius 1 is 1.14 bits per heavy atom. The van der Waals surface area contributed by atoms with Gasteiger partial charge in [0, 0.05) is 35.6 Å². The van der Waals surface area contributed by atoms with Crippen molar-refractivity contribution in [2.24, 2.45) is 7.05 Å². The predicted octanol–water partition coefficient (Wildman–Crippen LogP) is 3.57. The number of benzene rings is 2. The second-order valence-corrected chi connectivity index (χ2v) is 4.76. The molecule has 1 heterocycles. The van der Waals surface area contributed by atoms with Crippen molar-refractivity contribution in [1.29, 1.82) is 0 Å². The number of hydrogen-bond acceptors (Lipinski definition) is 3. The second kappa shape index (κ2) is 4.86. The number of nitrogens with zero attached hydrogens (tertiary/aromatic N) is 2. The molecule has 0 amide bonds. The van der Waals surface area contributed by atoms with Crippen molar-refractivity contribution < 1.29 is 9.72 Å². The van der Waals surface area contributed by atoms with E-state index in [1.807, 2.05) is 41.9 Å². The number of aldehydes is 1. The van der Waals surface area contributed by atoms with Gasteiger partial charge in [-0.2, -0.15) is 0 Å². The zero-order chi connectivity index (χ0) is 15.0. The number of carbonyl (C=O) groups is 1. The van der Waals surface area contributed by atoms with Crippen LogP contribution in [-0.4, -0.2) is 15.8 Å². The standard InChI is InChI=1S/C16H12N2O3/c1-17-15-8-7-12(18(20)21)9-13(15)14(10-19)16(17)11-5-3-2-4-6-11/h2-10H,1H3. The van der Waals surface area contributed by atoms with Gasteiger partial charge in [0.25, 0.3) is 5.69 Å². The van der Waals surface area contributed by atoms with Crippen molar-refractivity contribution in [2.75, 3.05) is 0 Å². The van der Waals surface area contributed by atoms with Crippen LogP contribution < -0.4 is 0 Å². The minimum absolute atomic E-state index is 0.0178. The Balaban J connectivity index is 2.38. The first-order chi connectivity index (χ1) is 10.1. The Bertz CT molecular complexity index is 851. The van der Waals surface area contributed by atoms with Gasteiger partial charge in [-0.25, -0.2) is 0 Å². The summed E-state index contributed by atoms with van der Waals surface area (Å²) in [6, 6.07) is 14.1. The van der Waals surface area contributed by atoms with Gasteiger partial charge >= 0.3 is 0 Å². The van der Waals surface area contributed by atoms with E-state index in [4.69, 9.17) is 0 Å². The molecule has 0 unspecified atom stereocenters. The van der Waals surface area contributed by atoms with Gasteiger partial charge in [0.15, 0.2) is 6.29 Å². The van der Waals surface area contributed by atoms with Crippen molar-refractivity contribution in [3.05, 3.63) is 64.2 Å². The van der Waals surface area contributed by atoms with E-state index in [9.17, 15) is 14.9 Å². The minimum Gasteiger partial charge on any atom is -0.343 e. The molecule has 5 nitrogen and oxygen atoms in total. The Morgan fingerprint density at radius 2 is 1.86 bits per heavy atom. The molecule has 0 atom stereocenters. The normalized spacial score (nSPS) is 10.7. The van der Waals surface area contributed by atoms with E-state index in [2.05, 4.69) is 0 Å². The summed E-state index contributed by atoms with van der Waals surface area (Å²) < 4.78 is 1.89. The van der Waals surface area contributed by atoms with Gasteiger partial charge in [-0.3, -0.25) is 14.9 Å². The van der Waals surface area contributed by atoms with Gasteiger partial charge in [-0.15, -0.1) is 0 Å². The smallest absolute Gasteiger partial charge is 0.270 e. The van der Waals surface area contributed by atoms with Crippen molar-refractivity contribution in [2.45, 2.75) is 0 Å². The number of aromatic nitrogens is 1. The fraction of sp³-hybridized carbons (Fsp3) is 0.0625. The molecule has 21 heavy (non-hydrogen) atoms. The molecule has 0 fully saturated rings. The summed E-state index contributed by atoms with van der Waals surface area (Å²) in [4.78, 5) is 22.0. The number of carbonyl (C=O) groups excluding carboxylic acids is 1. The molecule has 104 valence electrons. The first kappa shape index (κ1) is 13.1. The molecule has 2 aromatic carbocycles. The summed E-state index contributed by atoms with van der Waals surface area (Å²) >= 11 is 0. The van der Waals surface area contributed by atoms with E-state index < -0.39 is 4.92 Å². The highest BCUT2D eigenvalue weighted by Gasteiger charge is 2.18. The molecule has 0 N–H and O–H groups in total. The van der Waals surface area contributed by atoms with Crippen LogP contribution in [0.2, 0.25) is 0 Å². The van der Waals surface area contributed by atoms with Crippen molar-refractivity contribution in [3.8, 4) is 11.3 Å². The Kier molecular flexibility index (Phi) is 3.02. The summed E-state index contributed by atoms with van der Waals surface area (Å²) in [5, 5.41) is 11.5. The van der Waals surface area contributed by atoms with Crippen LogP contribution in [-0.2, 0) is 7.05 Å². The molecule has 3 rings (SSSR count). The van der Waals surface area contributed by atoms with E-state index in [0.29, 0.717) is 10.9 Å². The fourth-order valence-electron chi connectivity index (χ4n) is 2.64. The predicted molar refractivity (Wildman–Crippen MR) is 80.4 cm³/mol. The zero-order valence-corrected chi connectivity index (χ0v) is 11.3. The molecule has 3 aromatic rings. The van der Waals surface area contributed by atoms with Crippen LogP contribution >= 0.6 is 0 Å². The number of aryl methyl sites for hydroxylation is 1. The fourth-order valence-corrected chi connectivity index (χ4v) is 2.64.